The van der Waals surface area contributed by atoms with E-state index < -0.39 is 0 Å². The number of aromatic nitrogens is 1. The van der Waals surface area contributed by atoms with Crippen LogP contribution in [0.3, 0.4) is 0 Å². The van der Waals surface area contributed by atoms with Crippen LogP contribution in [0.5, 0.6) is 0 Å². The maximum atomic E-state index is 12.8. The number of benzene rings is 1. The molecule has 1 aromatic heterocycles. The van der Waals surface area contributed by atoms with Crippen LogP contribution in [0.2, 0.25) is 0 Å². The van der Waals surface area contributed by atoms with E-state index >= 15 is 0 Å². The number of hydrogen-bond donors (Lipinski definition) is 0. The first kappa shape index (κ1) is 14.3. The fourth-order valence-corrected chi connectivity index (χ4v) is 5.26. The Bertz CT molecular complexity index is 879. The summed E-state index contributed by atoms with van der Waals surface area (Å²) in [5, 5.41) is 1.32. The minimum Gasteiger partial charge on any atom is -0.467 e. The number of esters is 1. The molecule has 2 bridgehead atoms. The molecule has 4 heteroatoms. The average molecular weight is 322 g/mol. The van der Waals surface area contributed by atoms with Gasteiger partial charge in [-0.2, -0.15) is 0 Å². The number of piperidine rings is 1. The van der Waals surface area contributed by atoms with Gasteiger partial charge in [-0.3, -0.25) is 4.90 Å². The number of rotatable bonds is 1. The summed E-state index contributed by atoms with van der Waals surface area (Å²) < 4.78 is 7.54. The van der Waals surface area contributed by atoms with Crippen molar-refractivity contribution in [2.24, 2.45) is 5.92 Å². The first-order valence-corrected chi connectivity index (χ1v) is 8.83. The second-order valence-electron chi connectivity index (χ2n) is 7.16. The van der Waals surface area contributed by atoms with Gasteiger partial charge in [-0.15, -0.1) is 0 Å². The normalized spacial score (nSPS) is 29.9. The molecule has 24 heavy (non-hydrogen) atoms. The van der Waals surface area contributed by atoms with E-state index in [0.29, 0.717) is 6.04 Å². The Morgan fingerprint density at radius 3 is 2.96 bits per heavy atom. The van der Waals surface area contributed by atoms with E-state index in [1.807, 2.05) is 0 Å². The number of methoxy groups -OCH3 is 1. The van der Waals surface area contributed by atoms with Gasteiger partial charge in [-0.25, -0.2) is 4.79 Å². The maximum Gasteiger partial charge on any atom is 0.329 e. The van der Waals surface area contributed by atoms with Crippen LogP contribution in [-0.2, 0) is 16.0 Å². The lowest BCUT2D eigenvalue weighted by atomic mass is 9.75. The van der Waals surface area contributed by atoms with Gasteiger partial charge in [-0.05, 0) is 31.4 Å². The van der Waals surface area contributed by atoms with Gasteiger partial charge in [0.05, 0.1) is 13.2 Å². The molecule has 3 unspecified atom stereocenters. The van der Waals surface area contributed by atoms with Crippen molar-refractivity contribution in [3.8, 4) is 0 Å². The van der Waals surface area contributed by atoms with Crippen molar-refractivity contribution >= 4 is 16.9 Å². The Morgan fingerprint density at radius 1 is 1.33 bits per heavy atom. The van der Waals surface area contributed by atoms with E-state index in [2.05, 4.69) is 46.7 Å². The van der Waals surface area contributed by atoms with Crippen LogP contribution in [0.25, 0.3) is 10.9 Å². The molecule has 0 spiro atoms. The molecule has 0 radical (unpaired) electrons. The highest BCUT2D eigenvalue weighted by atomic mass is 16.5. The van der Waals surface area contributed by atoms with Crippen LogP contribution >= 0.6 is 0 Å². The lowest BCUT2D eigenvalue weighted by molar-refractivity contribution is -0.147. The van der Waals surface area contributed by atoms with Crippen molar-refractivity contribution in [1.82, 2.24) is 9.47 Å². The summed E-state index contributed by atoms with van der Waals surface area (Å²) in [6.07, 6.45) is 4.31. The van der Waals surface area contributed by atoms with Gasteiger partial charge >= 0.3 is 5.97 Å². The molecule has 0 amide bonds. The number of allylic oxidation sites excluding steroid dienone is 1. The average Bonchev–Trinajstić information content (AvgIpc) is 2.96. The third kappa shape index (κ3) is 1.64. The fourth-order valence-electron chi connectivity index (χ4n) is 5.26. The van der Waals surface area contributed by atoms with Gasteiger partial charge in [0.15, 0.2) is 0 Å². The first-order chi connectivity index (χ1) is 11.7. The first-order valence-electron chi connectivity index (χ1n) is 8.83. The van der Waals surface area contributed by atoms with Crippen molar-refractivity contribution < 1.29 is 9.53 Å². The summed E-state index contributed by atoms with van der Waals surface area (Å²) in [6, 6.07) is 8.75. The zero-order chi connectivity index (χ0) is 16.4. The standard InChI is InChI=1S/C20H22N2O2/c1-3-12-11-21-9-8-14-13-6-4-5-7-16(13)22-18(14)17(21)10-15(12)19(22)20(23)24-2/h3-7,15,17,19H,8-11H2,1-2H3/b12-3+. The number of nitrogens with zero attached hydrogens (tertiary/aromatic N) is 2. The summed E-state index contributed by atoms with van der Waals surface area (Å²) in [6.45, 7) is 4.20. The lowest BCUT2D eigenvalue weighted by Gasteiger charge is -2.50. The number of fused-ring (bicyclic) bond motifs is 4. The Kier molecular flexibility index (Phi) is 2.95. The zero-order valence-corrected chi connectivity index (χ0v) is 14.2. The monoisotopic (exact) mass is 322 g/mol. The molecule has 1 fully saturated rings. The Morgan fingerprint density at radius 2 is 2.17 bits per heavy atom. The zero-order valence-electron chi connectivity index (χ0n) is 14.2. The van der Waals surface area contributed by atoms with Crippen LogP contribution in [0.1, 0.15) is 36.7 Å². The molecule has 0 N–H and O–H groups in total. The van der Waals surface area contributed by atoms with Gasteiger partial charge in [0.2, 0.25) is 0 Å². The topological polar surface area (TPSA) is 34.5 Å². The molecule has 124 valence electrons. The van der Waals surface area contributed by atoms with Gasteiger partial charge in [0.25, 0.3) is 0 Å². The highest BCUT2D eigenvalue weighted by Gasteiger charge is 2.49. The quantitative estimate of drug-likeness (QED) is 0.597. The molecule has 3 aliphatic heterocycles. The molecule has 0 aliphatic carbocycles. The Labute approximate surface area is 141 Å². The van der Waals surface area contributed by atoms with Crippen LogP contribution in [0.4, 0.5) is 0 Å². The van der Waals surface area contributed by atoms with Gasteiger partial charge in [0.1, 0.15) is 6.04 Å². The number of ether oxygens (including phenoxy) is 1. The summed E-state index contributed by atoms with van der Waals surface area (Å²) in [7, 11) is 1.51. The third-order valence-electron chi connectivity index (χ3n) is 6.27. The van der Waals surface area contributed by atoms with E-state index in [0.717, 1.165) is 25.9 Å². The minimum atomic E-state index is -0.230. The SMILES string of the molecule is C/C=C1\CN2CCc3c4n(c5ccccc35)C(C(=O)OC)C1CC42. The molecular weight excluding hydrogens is 300 g/mol. The van der Waals surface area contributed by atoms with E-state index in [9.17, 15) is 4.79 Å². The molecule has 1 aromatic carbocycles. The Hall–Kier alpha value is -2.07. The predicted octanol–water partition coefficient (Wildman–Crippen LogP) is 3.23. The predicted molar refractivity (Wildman–Crippen MR) is 92.9 cm³/mol. The fraction of sp³-hybridized carbons (Fsp3) is 0.450. The van der Waals surface area contributed by atoms with E-state index in [4.69, 9.17) is 4.74 Å². The number of carbonyl (C=O) groups is 1. The maximum absolute atomic E-state index is 12.8. The van der Waals surface area contributed by atoms with Crippen LogP contribution in [0.15, 0.2) is 35.9 Å². The highest BCUT2D eigenvalue weighted by molar-refractivity contribution is 5.89. The summed E-state index contributed by atoms with van der Waals surface area (Å²) >= 11 is 0. The Balaban J connectivity index is 1.86. The molecular formula is C20H22N2O2. The molecule has 3 atom stereocenters. The lowest BCUT2D eigenvalue weighted by Crippen LogP contribution is -2.50. The molecule has 0 saturated carbocycles. The second-order valence-corrected chi connectivity index (χ2v) is 7.16. The van der Waals surface area contributed by atoms with Crippen LogP contribution in [0, 0.1) is 5.92 Å². The smallest absolute Gasteiger partial charge is 0.329 e. The summed E-state index contributed by atoms with van der Waals surface area (Å²) in [5.74, 6) is 0.137. The summed E-state index contributed by atoms with van der Waals surface area (Å²) in [4.78, 5) is 15.4. The number of hydrogen-bond acceptors (Lipinski definition) is 3. The van der Waals surface area contributed by atoms with Crippen molar-refractivity contribution in [3.63, 3.8) is 0 Å². The molecule has 5 rings (SSSR count). The highest BCUT2D eigenvalue weighted by Crippen LogP contribution is 2.53. The van der Waals surface area contributed by atoms with Crippen molar-refractivity contribution in [3.05, 3.63) is 47.2 Å². The largest absolute Gasteiger partial charge is 0.467 e. The van der Waals surface area contributed by atoms with Crippen molar-refractivity contribution in [2.75, 3.05) is 20.2 Å². The molecule has 3 aliphatic rings. The number of para-hydroxylation sites is 1. The van der Waals surface area contributed by atoms with E-state index in [-0.39, 0.29) is 17.9 Å². The molecule has 4 nitrogen and oxygen atoms in total. The second kappa shape index (κ2) is 4.96. The van der Waals surface area contributed by atoms with Gasteiger partial charge in [0, 0.05) is 35.6 Å². The van der Waals surface area contributed by atoms with Crippen molar-refractivity contribution in [1.29, 1.82) is 0 Å². The third-order valence-corrected chi connectivity index (χ3v) is 6.27. The van der Waals surface area contributed by atoms with Gasteiger partial charge < -0.3 is 9.30 Å². The molecule has 1 saturated heterocycles. The number of carbonyl (C=O) groups excluding carboxylic acids is 1. The van der Waals surface area contributed by atoms with Gasteiger partial charge in [-0.1, -0.05) is 29.8 Å². The van der Waals surface area contributed by atoms with E-state index in [1.165, 1.54) is 34.8 Å². The minimum absolute atomic E-state index is 0.111. The van der Waals surface area contributed by atoms with Crippen molar-refractivity contribution in [2.45, 2.75) is 31.8 Å². The van der Waals surface area contributed by atoms with E-state index in [1.54, 1.807) is 0 Å². The van der Waals surface area contributed by atoms with Crippen LogP contribution in [-0.4, -0.2) is 35.6 Å². The summed E-state index contributed by atoms with van der Waals surface area (Å²) in [5.41, 5.74) is 5.38. The molecule has 4 heterocycles. The van der Waals surface area contributed by atoms with Crippen LogP contribution < -0.4 is 0 Å². The molecule has 2 aromatic rings.